The molecular formula is C11H13N3O3. The predicted octanol–water partition coefficient (Wildman–Crippen LogP) is 0.588. The van der Waals surface area contributed by atoms with Crippen molar-refractivity contribution in [3.05, 3.63) is 34.7 Å². The average molecular weight is 235 g/mol. The molecular weight excluding hydrogens is 222 g/mol. The van der Waals surface area contributed by atoms with Gasteiger partial charge in [0.2, 0.25) is 0 Å². The number of rotatable bonds is 3. The fourth-order valence-corrected chi connectivity index (χ4v) is 1.49. The van der Waals surface area contributed by atoms with Gasteiger partial charge in [0.05, 0.1) is 19.9 Å². The Morgan fingerprint density at radius 3 is 2.24 bits per heavy atom. The molecule has 0 aliphatic rings. The van der Waals surface area contributed by atoms with E-state index in [2.05, 4.69) is 5.10 Å². The number of benzene rings is 1. The molecule has 0 aliphatic carbocycles. The quantitative estimate of drug-likeness (QED) is 0.781. The van der Waals surface area contributed by atoms with Crippen molar-refractivity contribution in [2.24, 2.45) is 7.05 Å². The fraction of sp³-hybridized carbons (Fsp3) is 0.273. The highest BCUT2D eigenvalue weighted by atomic mass is 16.5. The lowest BCUT2D eigenvalue weighted by atomic mass is 10.3. The third-order valence-corrected chi connectivity index (χ3v) is 2.44. The lowest BCUT2D eigenvalue weighted by molar-refractivity contribution is 0.362. The third kappa shape index (κ3) is 1.89. The molecule has 6 nitrogen and oxygen atoms in total. The summed E-state index contributed by atoms with van der Waals surface area (Å²) in [6.45, 7) is 0. The van der Waals surface area contributed by atoms with Gasteiger partial charge in [-0.15, -0.1) is 5.10 Å². The van der Waals surface area contributed by atoms with E-state index in [1.165, 1.54) is 16.4 Å². The van der Waals surface area contributed by atoms with Gasteiger partial charge in [-0.05, 0) is 24.3 Å². The number of aromatic nitrogens is 3. The summed E-state index contributed by atoms with van der Waals surface area (Å²) in [5, 5.41) is 4.06. The molecule has 2 aromatic rings. The van der Waals surface area contributed by atoms with Crippen LogP contribution < -0.4 is 15.2 Å². The normalized spacial score (nSPS) is 10.3. The van der Waals surface area contributed by atoms with Gasteiger partial charge < -0.3 is 9.47 Å². The Hall–Kier alpha value is -2.24. The number of nitrogens with zero attached hydrogens (tertiary/aromatic N) is 3. The van der Waals surface area contributed by atoms with Crippen molar-refractivity contribution in [1.29, 1.82) is 0 Å². The zero-order valence-corrected chi connectivity index (χ0v) is 9.88. The highest BCUT2D eigenvalue weighted by molar-refractivity contribution is 5.36. The van der Waals surface area contributed by atoms with Crippen molar-refractivity contribution < 1.29 is 9.47 Å². The largest absolute Gasteiger partial charge is 0.497 e. The first-order valence-electron chi connectivity index (χ1n) is 5.02. The minimum Gasteiger partial charge on any atom is -0.497 e. The van der Waals surface area contributed by atoms with E-state index in [1.807, 2.05) is 0 Å². The summed E-state index contributed by atoms with van der Waals surface area (Å²) in [4.78, 5) is 11.9. The Kier molecular flexibility index (Phi) is 2.86. The van der Waals surface area contributed by atoms with E-state index in [9.17, 15) is 4.79 Å². The molecule has 1 heterocycles. The molecule has 1 aromatic heterocycles. The number of methoxy groups -OCH3 is 2. The van der Waals surface area contributed by atoms with Gasteiger partial charge in [-0.2, -0.15) is 4.68 Å². The van der Waals surface area contributed by atoms with E-state index in [1.54, 1.807) is 38.4 Å². The fourth-order valence-electron chi connectivity index (χ4n) is 1.49. The van der Waals surface area contributed by atoms with Crippen LogP contribution in [0.3, 0.4) is 0 Å². The Bertz CT molecular complexity index is 569. The standard InChI is InChI=1S/C11H13N3O3/c1-13-10(17-3)12-14(11(13)15)8-4-6-9(16-2)7-5-8/h4-7H,1-3H3. The Labute approximate surface area is 98.0 Å². The van der Waals surface area contributed by atoms with Crippen LogP contribution in [0, 0.1) is 0 Å². The van der Waals surface area contributed by atoms with Gasteiger partial charge in [0.1, 0.15) is 5.75 Å². The van der Waals surface area contributed by atoms with E-state index in [-0.39, 0.29) is 11.7 Å². The average Bonchev–Trinajstić information content (AvgIpc) is 2.66. The first-order chi connectivity index (χ1) is 8.17. The SMILES string of the molecule is COc1ccc(-n2nc(OC)n(C)c2=O)cc1. The lowest BCUT2D eigenvalue weighted by Crippen LogP contribution is -2.21. The van der Waals surface area contributed by atoms with Gasteiger partial charge in [-0.3, -0.25) is 0 Å². The zero-order valence-electron chi connectivity index (χ0n) is 9.88. The van der Waals surface area contributed by atoms with Gasteiger partial charge in [-0.25, -0.2) is 9.36 Å². The van der Waals surface area contributed by atoms with Crippen LogP contribution in [-0.4, -0.2) is 28.6 Å². The van der Waals surface area contributed by atoms with Crippen LogP contribution in [0.25, 0.3) is 5.69 Å². The van der Waals surface area contributed by atoms with Gasteiger partial charge in [0.25, 0.3) is 0 Å². The maximum Gasteiger partial charge on any atom is 0.353 e. The van der Waals surface area contributed by atoms with Gasteiger partial charge in [0.15, 0.2) is 0 Å². The van der Waals surface area contributed by atoms with Crippen molar-refractivity contribution in [3.8, 4) is 17.4 Å². The van der Waals surface area contributed by atoms with Crippen LogP contribution in [0.5, 0.6) is 11.8 Å². The summed E-state index contributed by atoms with van der Waals surface area (Å²) < 4.78 is 12.6. The molecule has 0 radical (unpaired) electrons. The molecule has 0 atom stereocenters. The van der Waals surface area contributed by atoms with Crippen molar-refractivity contribution in [2.45, 2.75) is 0 Å². The van der Waals surface area contributed by atoms with E-state index < -0.39 is 0 Å². The lowest BCUT2D eigenvalue weighted by Gasteiger charge is -2.01. The van der Waals surface area contributed by atoms with Crippen LogP contribution in [0.4, 0.5) is 0 Å². The maximum absolute atomic E-state index is 11.9. The summed E-state index contributed by atoms with van der Waals surface area (Å²) in [5.74, 6) is 0.727. The van der Waals surface area contributed by atoms with Crippen LogP contribution in [-0.2, 0) is 7.05 Å². The molecule has 0 bridgehead atoms. The van der Waals surface area contributed by atoms with E-state index in [0.29, 0.717) is 5.69 Å². The molecule has 0 unspecified atom stereocenters. The molecule has 0 saturated heterocycles. The van der Waals surface area contributed by atoms with Crippen molar-refractivity contribution in [1.82, 2.24) is 14.3 Å². The van der Waals surface area contributed by atoms with E-state index in [0.717, 1.165) is 5.75 Å². The maximum atomic E-state index is 11.9. The summed E-state index contributed by atoms with van der Waals surface area (Å²) >= 11 is 0. The smallest absolute Gasteiger partial charge is 0.353 e. The molecule has 90 valence electrons. The van der Waals surface area contributed by atoms with Crippen LogP contribution in [0.1, 0.15) is 0 Å². The summed E-state index contributed by atoms with van der Waals surface area (Å²) in [6, 6.07) is 7.32. The molecule has 0 fully saturated rings. The Morgan fingerprint density at radius 2 is 1.76 bits per heavy atom. The molecule has 17 heavy (non-hydrogen) atoms. The van der Waals surface area contributed by atoms with Crippen LogP contribution in [0.15, 0.2) is 29.1 Å². The number of hydrogen-bond donors (Lipinski definition) is 0. The summed E-state index contributed by atoms with van der Waals surface area (Å²) in [7, 11) is 4.67. The number of hydrogen-bond acceptors (Lipinski definition) is 4. The van der Waals surface area contributed by atoms with Crippen LogP contribution in [0.2, 0.25) is 0 Å². The molecule has 0 aliphatic heterocycles. The third-order valence-electron chi connectivity index (χ3n) is 2.44. The van der Waals surface area contributed by atoms with Crippen molar-refractivity contribution in [3.63, 3.8) is 0 Å². The molecule has 0 spiro atoms. The van der Waals surface area contributed by atoms with Crippen molar-refractivity contribution >= 4 is 0 Å². The van der Waals surface area contributed by atoms with Gasteiger partial charge >= 0.3 is 11.7 Å². The zero-order chi connectivity index (χ0) is 12.4. The highest BCUT2D eigenvalue weighted by Gasteiger charge is 2.11. The minimum atomic E-state index is -0.257. The van der Waals surface area contributed by atoms with E-state index in [4.69, 9.17) is 9.47 Å². The summed E-state index contributed by atoms with van der Waals surface area (Å²) in [6.07, 6.45) is 0. The highest BCUT2D eigenvalue weighted by Crippen LogP contribution is 2.13. The topological polar surface area (TPSA) is 58.3 Å². The second-order valence-corrected chi connectivity index (χ2v) is 3.44. The van der Waals surface area contributed by atoms with Gasteiger partial charge in [-0.1, -0.05) is 0 Å². The Morgan fingerprint density at radius 1 is 1.12 bits per heavy atom. The molecule has 0 N–H and O–H groups in total. The van der Waals surface area contributed by atoms with Gasteiger partial charge in [0, 0.05) is 7.05 Å². The second-order valence-electron chi connectivity index (χ2n) is 3.44. The second kappa shape index (κ2) is 4.32. The molecule has 0 saturated carbocycles. The number of ether oxygens (including phenoxy) is 2. The minimum absolute atomic E-state index is 0.257. The predicted molar refractivity (Wildman–Crippen MR) is 61.9 cm³/mol. The summed E-state index contributed by atoms with van der Waals surface area (Å²) in [5.41, 5.74) is 0.404. The molecule has 6 heteroatoms. The molecule has 0 amide bonds. The Balaban J connectivity index is 2.49. The molecule has 2 rings (SSSR count). The monoisotopic (exact) mass is 235 g/mol. The van der Waals surface area contributed by atoms with Crippen LogP contribution >= 0.6 is 0 Å². The first kappa shape index (κ1) is 11.3. The molecule has 1 aromatic carbocycles. The van der Waals surface area contributed by atoms with Crippen molar-refractivity contribution in [2.75, 3.05) is 14.2 Å². The van der Waals surface area contributed by atoms with E-state index >= 15 is 0 Å². The first-order valence-corrected chi connectivity index (χ1v) is 5.02.